The number of para-hydroxylation sites is 1. The summed E-state index contributed by atoms with van der Waals surface area (Å²) in [5, 5.41) is 4.38. The van der Waals surface area contributed by atoms with Crippen molar-refractivity contribution in [3.63, 3.8) is 0 Å². The number of piperazine rings is 1. The van der Waals surface area contributed by atoms with Gasteiger partial charge >= 0.3 is 0 Å². The molecule has 4 rings (SSSR count). The van der Waals surface area contributed by atoms with Gasteiger partial charge in [0, 0.05) is 51.5 Å². The van der Waals surface area contributed by atoms with Crippen molar-refractivity contribution in [1.82, 2.24) is 15.1 Å². The van der Waals surface area contributed by atoms with Gasteiger partial charge in [0.15, 0.2) is 5.96 Å². The van der Waals surface area contributed by atoms with Gasteiger partial charge < -0.3 is 19.9 Å². The number of guanidine groups is 1. The fourth-order valence-electron chi connectivity index (χ4n) is 5.03. The van der Waals surface area contributed by atoms with Crippen LogP contribution in [0, 0.1) is 0 Å². The Morgan fingerprint density at radius 2 is 1.74 bits per heavy atom. The standard InChI is InChI=1S/C23H36ClN5O.HI/c1-2-25-22(26-19-23(9-17-30-18-10-23)29-11-5-6-12-29)28-15-13-27(14-16-28)21-8-4-3-7-20(21)24;/h3-4,7-8H,2,5-6,9-19H2,1H3,(H,25,26);1H. The Bertz CT molecular complexity index is 714. The number of likely N-dealkylation sites (tertiary alicyclic amines) is 1. The van der Waals surface area contributed by atoms with Gasteiger partial charge in [-0.25, -0.2) is 0 Å². The minimum atomic E-state index is 0. The predicted octanol–water partition coefficient (Wildman–Crippen LogP) is 3.69. The van der Waals surface area contributed by atoms with Gasteiger partial charge in [-0.05, 0) is 57.8 Å². The van der Waals surface area contributed by atoms with E-state index in [2.05, 4.69) is 39.1 Å². The summed E-state index contributed by atoms with van der Waals surface area (Å²) >= 11 is 6.41. The molecule has 3 fully saturated rings. The van der Waals surface area contributed by atoms with Crippen molar-refractivity contribution in [2.45, 2.75) is 38.1 Å². The maximum Gasteiger partial charge on any atom is 0.194 e. The number of anilines is 1. The summed E-state index contributed by atoms with van der Waals surface area (Å²) in [5.41, 5.74) is 1.31. The topological polar surface area (TPSA) is 43.3 Å². The van der Waals surface area contributed by atoms with Gasteiger partial charge in [-0.15, -0.1) is 24.0 Å². The van der Waals surface area contributed by atoms with Crippen molar-refractivity contribution in [1.29, 1.82) is 0 Å². The Labute approximate surface area is 209 Å². The minimum Gasteiger partial charge on any atom is -0.381 e. The summed E-state index contributed by atoms with van der Waals surface area (Å²) in [6, 6.07) is 8.14. The summed E-state index contributed by atoms with van der Waals surface area (Å²) in [6.07, 6.45) is 4.82. The fraction of sp³-hybridized carbons (Fsp3) is 0.696. The van der Waals surface area contributed by atoms with Crippen LogP contribution in [-0.2, 0) is 4.74 Å². The normalized spacial score (nSPS) is 22.3. The second-order valence-electron chi connectivity index (χ2n) is 8.63. The number of hydrogen-bond donors (Lipinski definition) is 1. The highest BCUT2D eigenvalue weighted by Gasteiger charge is 2.39. The zero-order valence-electron chi connectivity index (χ0n) is 18.7. The van der Waals surface area contributed by atoms with Crippen molar-refractivity contribution in [3.05, 3.63) is 29.3 Å². The van der Waals surface area contributed by atoms with Gasteiger partial charge in [0.05, 0.1) is 17.3 Å². The second kappa shape index (κ2) is 11.9. The van der Waals surface area contributed by atoms with Crippen molar-refractivity contribution < 1.29 is 4.74 Å². The first-order valence-corrected chi connectivity index (χ1v) is 12.0. The van der Waals surface area contributed by atoms with E-state index in [0.717, 1.165) is 82.0 Å². The molecule has 1 aromatic rings. The fourth-order valence-corrected chi connectivity index (χ4v) is 5.29. The molecule has 8 heteroatoms. The highest BCUT2D eigenvalue weighted by molar-refractivity contribution is 14.0. The van der Waals surface area contributed by atoms with Crippen LogP contribution in [0.3, 0.4) is 0 Å². The van der Waals surface area contributed by atoms with Crippen LogP contribution in [0.1, 0.15) is 32.6 Å². The third-order valence-corrected chi connectivity index (χ3v) is 7.15. The average molecular weight is 562 g/mol. The molecule has 0 spiro atoms. The summed E-state index contributed by atoms with van der Waals surface area (Å²) in [6.45, 7) is 11.9. The van der Waals surface area contributed by atoms with Gasteiger partial charge in [0.2, 0.25) is 0 Å². The number of halogens is 2. The summed E-state index contributed by atoms with van der Waals surface area (Å²) < 4.78 is 5.70. The molecule has 0 bridgehead atoms. The van der Waals surface area contributed by atoms with Gasteiger partial charge in [-0.2, -0.15) is 0 Å². The molecule has 3 heterocycles. The van der Waals surface area contributed by atoms with E-state index in [1.165, 1.54) is 25.9 Å². The molecule has 3 saturated heterocycles. The Morgan fingerprint density at radius 1 is 1.06 bits per heavy atom. The first-order chi connectivity index (χ1) is 14.7. The molecule has 0 amide bonds. The van der Waals surface area contributed by atoms with E-state index in [9.17, 15) is 0 Å². The highest BCUT2D eigenvalue weighted by Crippen LogP contribution is 2.32. The molecule has 3 aliphatic rings. The molecule has 0 aliphatic carbocycles. The number of hydrogen-bond acceptors (Lipinski definition) is 4. The van der Waals surface area contributed by atoms with Crippen LogP contribution in [0.2, 0.25) is 5.02 Å². The van der Waals surface area contributed by atoms with Crippen molar-refractivity contribution in [2.75, 3.05) is 70.5 Å². The predicted molar refractivity (Wildman–Crippen MR) is 140 cm³/mol. The van der Waals surface area contributed by atoms with E-state index in [4.69, 9.17) is 21.3 Å². The molecule has 174 valence electrons. The van der Waals surface area contributed by atoms with Crippen LogP contribution in [0.15, 0.2) is 29.3 Å². The first kappa shape index (κ1) is 24.9. The van der Waals surface area contributed by atoms with Gasteiger partial charge in [-0.3, -0.25) is 9.89 Å². The molecule has 0 radical (unpaired) electrons. The van der Waals surface area contributed by atoms with Crippen LogP contribution >= 0.6 is 35.6 Å². The maximum absolute atomic E-state index is 6.41. The molecular formula is C23H37ClIN5O. The maximum atomic E-state index is 6.41. The van der Waals surface area contributed by atoms with E-state index in [1.807, 2.05) is 12.1 Å². The second-order valence-corrected chi connectivity index (χ2v) is 9.03. The molecule has 6 nitrogen and oxygen atoms in total. The molecule has 0 unspecified atom stereocenters. The molecule has 1 N–H and O–H groups in total. The van der Waals surface area contributed by atoms with E-state index >= 15 is 0 Å². The Balaban J connectivity index is 0.00000272. The number of aliphatic imine (C=N–C) groups is 1. The Hall–Kier alpha value is -0.770. The van der Waals surface area contributed by atoms with Crippen LogP contribution in [-0.4, -0.2) is 86.9 Å². The zero-order valence-corrected chi connectivity index (χ0v) is 21.8. The third-order valence-electron chi connectivity index (χ3n) is 6.83. The third kappa shape index (κ3) is 5.97. The molecule has 0 saturated carbocycles. The lowest BCUT2D eigenvalue weighted by molar-refractivity contribution is -0.0139. The van der Waals surface area contributed by atoms with Gasteiger partial charge in [0.1, 0.15) is 0 Å². The van der Waals surface area contributed by atoms with Crippen LogP contribution < -0.4 is 10.2 Å². The van der Waals surface area contributed by atoms with E-state index in [-0.39, 0.29) is 29.5 Å². The molecule has 3 aliphatic heterocycles. The van der Waals surface area contributed by atoms with Crippen LogP contribution in [0.4, 0.5) is 5.69 Å². The minimum absolute atomic E-state index is 0. The smallest absolute Gasteiger partial charge is 0.194 e. The number of nitrogens with one attached hydrogen (secondary N) is 1. The quantitative estimate of drug-likeness (QED) is 0.338. The Kier molecular flexibility index (Phi) is 9.55. The van der Waals surface area contributed by atoms with Crippen LogP contribution in [0.25, 0.3) is 0 Å². The number of rotatable bonds is 5. The summed E-state index contributed by atoms with van der Waals surface area (Å²) in [7, 11) is 0. The SMILES string of the molecule is CCNC(=NCC1(N2CCCC2)CCOCC1)N1CCN(c2ccccc2Cl)CC1.I. The van der Waals surface area contributed by atoms with Crippen LogP contribution in [0.5, 0.6) is 0 Å². The first-order valence-electron chi connectivity index (χ1n) is 11.6. The monoisotopic (exact) mass is 561 g/mol. The molecule has 1 aromatic carbocycles. The van der Waals surface area contributed by atoms with Gasteiger partial charge in [0.25, 0.3) is 0 Å². The summed E-state index contributed by atoms with van der Waals surface area (Å²) in [4.78, 5) is 12.7. The lowest BCUT2D eigenvalue weighted by atomic mass is 9.88. The summed E-state index contributed by atoms with van der Waals surface area (Å²) in [5.74, 6) is 1.06. The van der Waals surface area contributed by atoms with E-state index < -0.39 is 0 Å². The van der Waals surface area contributed by atoms with Crippen molar-refractivity contribution in [2.24, 2.45) is 4.99 Å². The lowest BCUT2D eigenvalue weighted by Gasteiger charge is -2.44. The lowest BCUT2D eigenvalue weighted by Crippen LogP contribution is -2.55. The number of benzene rings is 1. The van der Waals surface area contributed by atoms with Crippen molar-refractivity contribution >= 4 is 47.2 Å². The van der Waals surface area contributed by atoms with E-state index in [1.54, 1.807) is 0 Å². The van der Waals surface area contributed by atoms with Crippen molar-refractivity contribution in [3.8, 4) is 0 Å². The Morgan fingerprint density at radius 3 is 2.39 bits per heavy atom. The zero-order chi connectivity index (χ0) is 20.8. The largest absolute Gasteiger partial charge is 0.381 e. The molecular weight excluding hydrogens is 525 g/mol. The molecule has 31 heavy (non-hydrogen) atoms. The average Bonchev–Trinajstić information content (AvgIpc) is 3.34. The van der Waals surface area contributed by atoms with E-state index in [0.29, 0.717) is 0 Å². The number of nitrogens with zero attached hydrogens (tertiary/aromatic N) is 4. The molecule has 0 aromatic heterocycles. The highest BCUT2D eigenvalue weighted by atomic mass is 127. The van der Waals surface area contributed by atoms with Gasteiger partial charge in [-0.1, -0.05) is 23.7 Å². The number of ether oxygens (including phenoxy) is 1. The molecule has 0 atom stereocenters.